The van der Waals surface area contributed by atoms with E-state index in [2.05, 4.69) is 45.7 Å². The lowest BCUT2D eigenvalue weighted by atomic mass is 9.90. The van der Waals surface area contributed by atoms with E-state index in [9.17, 15) is 0 Å². The molecule has 1 aliphatic carbocycles. The second-order valence-corrected chi connectivity index (χ2v) is 12.6. The fraction of sp³-hybridized carbons (Fsp3) is 0.455. The summed E-state index contributed by atoms with van der Waals surface area (Å²) in [6.07, 6.45) is 15.3. The first-order valence-electron chi connectivity index (χ1n) is 16.6. The normalized spacial score (nSPS) is 19.0. The molecule has 1 saturated carbocycles. The van der Waals surface area contributed by atoms with E-state index in [0.29, 0.717) is 53.9 Å². The average Bonchev–Trinajstić information content (AvgIpc) is 3.80. The van der Waals surface area contributed by atoms with Crippen molar-refractivity contribution in [1.29, 1.82) is 0 Å². The third-order valence-corrected chi connectivity index (χ3v) is 9.12. The topological polar surface area (TPSA) is 156 Å². The van der Waals surface area contributed by atoms with Gasteiger partial charge >= 0.3 is 0 Å². The van der Waals surface area contributed by atoms with E-state index in [1.54, 1.807) is 47.9 Å². The molecule has 0 unspecified atom stereocenters. The fourth-order valence-electron chi connectivity index (χ4n) is 6.30. The van der Waals surface area contributed by atoms with Crippen LogP contribution < -0.4 is 14.8 Å². The molecule has 5 heterocycles. The number of nitrogens with one attached hydrogen (secondary N) is 1. The Balaban J connectivity index is 1.03. The molecule has 256 valence electrons. The lowest BCUT2D eigenvalue weighted by Gasteiger charge is -2.38. The number of anilines is 2. The number of rotatable bonds is 13. The first kappa shape index (κ1) is 32.8. The molecule has 0 spiro atoms. The molecule has 1 aromatic carbocycles. The van der Waals surface area contributed by atoms with Crippen LogP contribution in [0.25, 0.3) is 11.1 Å². The maximum absolute atomic E-state index is 6.46. The molecule has 16 heteroatoms. The molecule has 0 bridgehead atoms. The number of hydrogen-bond acceptors (Lipinski definition) is 13. The SMILES string of the molecule is C[C@@H](Cn1cnnn1)Oc1cc(-c2cnc(Nc3cn(C4CCC(N5CCOCC5)CC4)nc3OCCc3ncccn3)nc2)ccc1Cl. The molecule has 2 aliphatic rings. The second-order valence-electron chi connectivity index (χ2n) is 12.2. The van der Waals surface area contributed by atoms with Crippen molar-refractivity contribution < 1.29 is 14.2 Å². The summed E-state index contributed by atoms with van der Waals surface area (Å²) in [7, 11) is 0. The Morgan fingerprint density at radius 3 is 2.53 bits per heavy atom. The number of halogens is 1. The predicted octanol–water partition coefficient (Wildman–Crippen LogP) is 4.42. The fourth-order valence-corrected chi connectivity index (χ4v) is 6.46. The predicted molar refractivity (Wildman–Crippen MR) is 181 cm³/mol. The maximum atomic E-state index is 6.46. The smallest absolute Gasteiger partial charge is 0.256 e. The van der Waals surface area contributed by atoms with E-state index in [1.165, 1.54) is 0 Å². The van der Waals surface area contributed by atoms with Crippen LogP contribution in [0.15, 0.2) is 61.6 Å². The zero-order valence-corrected chi connectivity index (χ0v) is 28.1. The summed E-state index contributed by atoms with van der Waals surface area (Å²) in [6, 6.07) is 8.28. The summed E-state index contributed by atoms with van der Waals surface area (Å²) >= 11 is 6.46. The van der Waals surface area contributed by atoms with Gasteiger partial charge in [-0.3, -0.25) is 9.58 Å². The first-order valence-corrected chi connectivity index (χ1v) is 17.0. The van der Waals surface area contributed by atoms with E-state index in [4.69, 9.17) is 30.9 Å². The van der Waals surface area contributed by atoms with Gasteiger partial charge in [0.15, 0.2) is 0 Å². The highest BCUT2D eigenvalue weighted by Crippen LogP contribution is 2.35. The molecule has 1 atom stereocenters. The van der Waals surface area contributed by atoms with E-state index in [-0.39, 0.29) is 12.1 Å². The summed E-state index contributed by atoms with van der Waals surface area (Å²) < 4.78 is 21.5. The number of morpholine rings is 1. The molecule has 1 saturated heterocycles. The van der Waals surface area contributed by atoms with Crippen LogP contribution in [0.5, 0.6) is 11.6 Å². The Hall–Kier alpha value is -4.73. The van der Waals surface area contributed by atoms with Gasteiger partial charge in [0.25, 0.3) is 5.88 Å². The maximum Gasteiger partial charge on any atom is 0.256 e. The largest absolute Gasteiger partial charge is 0.487 e. The van der Waals surface area contributed by atoms with Gasteiger partial charge in [0.1, 0.15) is 29.7 Å². The molecule has 1 aliphatic heterocycles. The number of tetrazole rings is 1. The van der Waals surface area contributed by atoms with Gasteiger partial charge in [-0.05, 0) is 66.8 Å². The summed E-state index contributed by atoms with van der Waals surface area (Å²) in [6.45, 7) is 6.47. The van der Waals surface area contributed by atoms with E-state index < -0.39 is 0 Å². The molecule has 7 rings (SSSR count). The molecule has 49 heavy (non-hydrogen) atoms. The monoisotopic (exact) mass is 686 g/mol. The number of nitrogens with zero attached hydrogens (tertiary/aromatic N) is 11. The van der Waals surface area contributed by atoms with Gasteiger partial charge in [-0.25, -0.2) is 24.6 Å². The van der Waals surface area contributed by atoms with E-state index in [0.717, 1.165) is 68.9 Å². The summed E-state index contributed by atoms with van der Waals surface area (Å²) in [5, 5.41) is 20.0. The number of hydrogen-bond donors (Lipinski definition) is 1. The molecule has 15 nitrogen and oxygen atoms in total. The lowest BCUT2D eigenvalue weighted by molar-refractivity contribution is 0.00503. The quantitative estimate of drug-likeness (QED) is 0.186. The van der Waals surface area contributed by atoms with Crippen LogP contribution in [-0.2, 0) is 17.7 Å². The molecule has 1 N–H and O–H groups in total. The number of aromatic nitrogens is 10. The average molecular weight is 687 g/mol. The van der Waals surface area contributed by atoms with Gasteiger partial charge in [0.2, 0.25) is 5.95 Å². The molecular formula is C33H39ClN12O3. The minimum atomic E-state index is -0.212. The van der Waals surface area contributed by atoms with Gasteiger partial charge in [-0.15, -0.1) is 10.2 Å². The molecular weight excluding hydrogens is 648 g/mol. The Kier molecular flexibility index (Phi) is 10.5. The Morgan fingerprint density at radius 1 is 1.00 bits per heavy atom. The van der Waals surface area contributed by atoms with Crippen molar-refractivity contribution in [2.75, 3.05) is 38.2 Å². The van der Waals surface area contributed by atoms with Crippen LogP contribution in [0.1, 0.15) is 44.5 Å². The zero-order valence-electron chi connectivity index (χ0n) is 27.3. The minimum absolute atomic E-state index is 0.212. The second kappa shape index (κ2) is 15.7. The van der Waals surface area contributed by atoms with Gasteiger partial charge in [0, 0.05) is 55.9 Å². The van der Waals surface area contributed by atoms with Crippen molar-refractivity contribution in [2.24, 2.45) is 0 Å². The molecule has 4 aromatic heterocycles. The molecule has 0 radical (unpaired) electrons. The highest BCUT2D eigenvalue weighted by molar-refractivity contribution is 6.32. The highest BCUT2D eigenvalue weighted by atomic mass is 35.5. The Labute approximate surface area is 289 Å². The van der Waals surface area contributed by atoms with Gasteiger partial charge in [-0.2, -0.15) is 0 Å². The van der Waals surface area contributed by atoms with Crippen molar-refractivity contribution in [3.8, 4) is 22.8 Å². The lowest BCUT2D eigenvalue weighted by Crippen LogP contribution is -2.45. The standard InChI is InChI=1S/C33H39ClN12O3/c1-23(20-45-22-39-42-43-45)49-30-17-24(3-8-28(30)34)25-18-37-33(38-19-25)40-29-21-46(41-32(29)48-14-9-31-35-10-2-11-36-31)27-6-4-26(5-7-27)44-12-15-47-16-13-44/h2-3,8,10-11,17-19,21-23,26-27H,4-7,9,12-16,20H2,1H3,(H,37,38,40)/t23-,26?,27?/m0/s1. The minimum Gasteiger partial charge on any atom is -0.487 e. The highest BCUT2D eigenvalue weighted by Gasteiger charge is 2.29. The van der Waals surface area contributed by atoms with Crippen molar-refractivity contribution in [3.63, 3.8) is 0 Å². The van der Waals surface area contributed by atoms with Gasteiger partial charge in [0.05, 0.1) is 43.6 Å². The van der Waals surface area contributed by atoms with Crippen molar-refractivity contribution in [1.82, 2.24) is 54.8 Å². The number of ether oxygens (including phenoxy) is 3. The molecule has 0 amide bonds. The van der Waals surface area contributed by atoms with Crippen LogP contribution in [0.3, 0.4) is 0 Å². The van der Waals surface area contributed by atoms with Crippen LogP contribution in [0.2, 0.25) is 5.02 Å². The zero-order chi connectivity index (χ0) is 33.4. The molecule has 5 aromatic rings. The van der Waals surface area contributed by atoms with Crippen molar-refractivity contribution in [2.45, 2.75) is 63.8 Å². The van der Waals surface area contributed by atoms with E-state index >= 15 is 0 Å². The Morgan fingerprint density at radius 2 is 1.78 bits per heavy atom. The third-order valence-electron chi connectivity index (χ3n) is 8.81. The van der Waals surface area contributed by atoms with Crippen molar-refractivity contribution >= 4 is 23.2 Å². The summed E-state index contributed by atoms with van der Waals surface area (Å²) in [4.78, 5) is 20.4. The van der Waals surface area contributed by atoms with Crippen molar-refractivity contribution in [3.05, 3.63) is 72.4 Å². The van der Waals surface area contributed by atoms with Crippen LogP contribution in [-0.4, -0.2) is 99.9 Å². The van der Waals surface area contributed by atoms with Crippen LogP contribution in [0.4, 0.5) is 11.6 Å². The molecule has 2 fully saturated rings. The van der Waals surface area contributed by atoms with Crippen LogP contribution >= 0.6 is 11.6 Å². The third kappa shape index (κ3) is 8.47. The van der Waals surface area contributed by atoms with Gasteiger partial charge in [-0.1, -0.05) is 17.7 Å². The Bertz CT molecular complexity index is 1760. The summed E-state index contributed by atoms with van der Waals surface area (Å²) in [5.74, 6) is 2.19. The van der Waals surface area contributed by atoms with Gasteiger partial charge < -0.3 is 19.5 Å². The van der Waals surface area contributed by atoms with Crippen LogP contribution in [0, 0.1) is 0 Å². The summed E-state index contributed by atoms with van der Waals surface area (Å²) in [5.41, 5.74) is 2.39. The van der Waals surface area contributed by atoms with E-state index in [1.807, 2.05) is 29.9 Å². The first-order chi connectivity index (χ1) is 24.1. The number of benzene rings is 1.